The number of allylic oxidation sites excluding steroid dienone is 3. The molecule has 0 spiro atoms. The summed E-state index contributed by atoms with van der Waals surface area (Å²) in [4.78, 5) is 0. The van der Waals surface area contributed by atoms with E-state index in [1.165, 1.54) is 5.57 Å². The van der Waals surface area contributed by atoms with Gasteiger partial charge in [-0.05, 0) is 13.8 Å². The van der Waals surface area contributed by atoms with Crippen molar-refractivity contribution in [1.29, 1.82) is 0 Å². The Kier molecular flexibility index (Phi) is 5.23. The monoisotopic (exact) mass is 126 g/mol. The van der Waals surface area contributed by atoms with Gasteiger partial charge in [0.2, 0.25) is 0 Å². The van der Waals surface area contributed by atoms with Crippen LogP contribution in [0.5, 0.6) is 0 Å². The lowest BCUT2D eigenvalue weighted by Gasteiger charge is -1.88. The molecule has 0 saturated carbocycles. The minimum atomic E-state index is 0.700. The summed E-state index contributed by atoms with van der Waals surface area (Å²) in [5, 5.41) is 0. The molecule has 0 aromatic rings. The molecular formula is C8H14O. The Bertz CT molecular complexity index is 112. The fraction of sp³-hybridized carbons (Fsp3) is 0.500. The van der Waals surface area contributed by atoms with Gasteiger partial charge in [-0.2, -0.15) is 0 Å². The van der Waals surface area contributed by atoms with Gasteiger partial charge in [0.05, 0.1) is 6.61 Å². The van der Waals surface area contributed by atoms with Crippen LogP contribution < -0.4 is 0 Å². The highest BCUT2D eigenvalue weighted by molar-refractivity contribution is 5.14. The van der Waals surface area contributed by atoms with E-state index in [-0.39, 0.29) is 0 Å². The maximum atomic E-state index is 4.82. The predicted octanol–water partition coefficient (Wildman–Crippen LogP) is 2.16. The fourth-order valence-electron chi connectivity index (χ4n) is 0.426. The van der Waals surface area contributed by atoms with Crippen molar-refractivity contribution in [3.63, 3.8) is 0 Å². The molecule has 0 aromatic heterocycles. The smallest absolute Gasteiger partial charge is 0.0646 e. The summed E-state index contributed by atoms with van der Waals surface area (Å²) in [6.07, 6.45) is 6.10. The second-order valence-electron chi connectivity index (χ2n) is 1.89. The first-order chi connectivity index (χ1) is 4.31. The van der Waals surface area contributed by atoms with E-state index in [9.17, 15) is 0 Å². The molecule has 0 amide bonds. The van der Waals surface area contributed by atoms with Crippen molar-refractivity contribution in [2.75, 3.05) is 13.7 Å². The molecule has 0 aliphatic rings. The first kappa shape index (κ1) is 8.44. The third-order valence-electron chi connectivity index (χ3n) is 1.10. The van der Waals surface area contributed by atoms with E-state index in [2.05, 4.69) is 13.0 Å². The average molecular weight is 126 g/mol. The van der Waals surface area contributed by atoms with E-state index >= 15 is 0 Å². The Morgan fingerprint density at radius 3 is 2.67 bits per heavy atom. The molecule has 0 bridgehead atoms. The lowest BCUT2D eigenvalue weighted by Crippen LogP contribution is -1.79. The zero-order chi connectivity index (χ0) is 7.11. The molecule has 1 heteroatoms. The van der Waals surface area contributed by atoms with E-state index in [1.807, 2.05) is 19.1 Å². The molecule has 0 atom stereocenters. The molecule has 1 nitrogen and oxygen atoms in total. The molecule has 0 heterocycles. The van der Waals surface area contributed by atoms with Crippen LogP contribution in [-0.4, -0.2) is 13.7 Å². The van der Waals surface area contributed by atoms with Crippen LogP contribution in [0.1, 0.15) is 13.8 Å². The number of hydrogen-bond donors (Lipinski definition) is 0. The second-order valence-corrected chi connectivity index (χ2v) is 1.89. The zero-order valence-electron chi connectivity index (χ0n) is 6.35. The average Bonchev–Trinajstić information content (AvgIpc) is 1.89. The van der Waals surface area contributed by atoms with Crippen LogP contribution in [0.25, 0.3) is 0 Å². The Morgan fingerprint density at radius 1 is 1.56 bits per heavy atom. The molecular weight excluding hydrogens is 112 g/mol. The number of rotatable bonds is 3. The molecule has 52 valence electrons. The topological polar surface area (TPSA) is 9.23 Å². The maximum absolute atomic E-state index is 4.82. The molecule has 0 fully saturated rings. The zero-order valence-corrected chi connectivity index (χ0v) is 6.35. The molecule has 0 aromatic carbocycles. The first-order valence-corrected chi connectivity index (χ1v) is 3.09. The first-order valence-electron chi connectivity index (χ1n) is 3.09. The Hall–Kier alpha value is -0.560. The summed E-state index contributed by atoms with van der Waals surface area (Å²) in [6, 6.07) is 0. The predicted molar refractivity (Wildman–Crippen MR) is 40.4 cm³/mol. The van der Waals surface area contributed by atoms with Gasteiger partial charge in [0.25, 0.3) is 0 Å². The number of ether oxygens (including phenoxy) is 1. The van der Waals surface area contributed by atoms with E-state index in [0.717, 1.165) is 0 Å². The SMILES string of the molecule is C/C=C(C)\C=C/COC. The minimum absolute atomic E-state index is 0.700. The van der Waals surface area contributed by atoms with Crippen LogP contribution in [0.2, 0.25) is 0 Å². The Balaban J connectivity index is 3.45. The molecule has 0 radical (unpaired) electrons. The van der Waals surface area contributed by atoms with Gasteiger partial charge >= 0.3 is 0 Å². The van der Waals surface area contributed by atoms with Gasteiger partial charge in [-0.25, -0.2) is 0 Å². The standard InChI is InChI=1S/C8H14O/c1-4-8(2)6-5-7-9-3/h4-6H,7H2,1-3H3/b6-5-,8-4-. The minimum Gasteiger partial charge on any atom is -0.381 e. The van der Waals surface area contributed by atoms with Gasteiger partial charge in [-0.15, -0.1) is 0 Å². The quantitative estimate of drug-likeness (QED) is 0.526. The van der Waals surface area contributed by atoms with Crippen LogP contribution in [0.4, 0.5) is 0 Å². The van der Waals surface area contributed by atoms with Gasteiger partial charge in [0.15, 0.2) is 0 Å². The summed E-state index contributed by atoms with van der Waals surface area (Å²) < 4.78 is 4.82. The summed E-state index contributed by atoms with van der Waals surface area (Å²) in [5.74, 6) is 0. The van der Waals surface area contributed by atoms with Crippen LogP contribution in [0.15, 0.2) is 23.8 Å². The lowest BCUT2D eigenvalue weighted by atomic mass is 10.3. The summed E-state index contributed by atoms with van der Waals surface area (Å²) in [7, 11) is 1.69. The van der Waals surface area contributed by atoms with E-state index < -0.39 is 0 Å². The summed E-state index contributed by atoms with van der Waals surface area (Å²) >= 11 is 0. The molecule has 0 unspecified atom stereocenters. The third kappa shape index (κ3) is 5.31. The van der Waals surface area contributed by atoms with Crippen molar-refractivity contribution >= 4 is 0 Å². The van der Waals surface area contributed by atoms with Gasteiger partial charge < -0.3 is 4.74 Å². The fourth-order valence-corrected chi connectivity index (χ4v) is 0.426. The van der Waals surface area contributed by atoms with Gasteiger partial charge in [-0.1, -0.05) is 23.8 Å². The summed E-state index contributed by atoms with van der Waals surface area (Å²) in [5.41, 5.74) is 1.27. The van der Waals surface area contributed by atoms with Crippen molar-refractivity contribution in [3.8, 4) is 0 Å². The largest absolute Gasteiger partial charge is 0.381 e. The molecule has 0 N–H and O–H groups in total. The van der Waals surface area contributed by atoms with E-state index in [1.54, 1.807) is 7.11 Å². The molecule has 0 saturated heterocycles. The van der Waals surface area contributed by atoms with Crippen molar-refractivity contribution < 1.29 is 4.74 Å². The van der Waals surface area contributed by atoms with Crippen molar-refractivity contribution in [3.05, 3.63) is 23.8 Å². The lowest BCUT2D eigenvalue weighted by molar-refractivity contribution is 0.234. The van der Waals surface area contributed by atoms with Crippen molar-refractivity contribution in [2.45, 2.75) is 13.8 Å². The summed E-state index contributed by atoms with van der Waals surface area (Å²) in [6.45, 7) is 4.78. The van der Waals surface area contributed by atoms with Crippen LogP contribution in [0.3, 0.4) is 0 Å². The third-order valence-corrected chi connectivity index (χ3v) is 1.10. The normalized spacial score (nSPS) is 13.0. The number of hydrogen-bond acceptors (Lipinski definition) is 1. The van der Waals surface area contributed by atoms with E-state index in [4.69, 9.17) is 4.74 Å². The van der Waals surface area contributed by atoms with Crippen LogP contribution >= 0.6 is 0 Å². The Labute approximate surface area is 57.0 Å². The Morgan fingerprint density at radius 2 is 2.22 bits per heavy atom. The molecule has 9 heavy (non-hydrogen) atoms. The second kappa shape index (κ2) is 5.57. The van der Waals surface area contributed by atoms with Gasteiger partial charge in [-0.3, -0.25) is 0 Å². The van der Waals surface area contributed by atoms with E-state index in [0.29, 0.717) is 6.61 Å². The van der Waals surface area contributed by atoms with Gasteiger partial charge in [0.1, 0.15) is 0 Å². The highest BCUT2D eigenvalue weighted by Gasteiger charge is 1.74. The van der Waals surface area contributed by atoms with Crippen molar-refractivity contribution in [2.24, 2.45) is 0 Å². The van der Waals surface area contributed by atoms with Gasteiger partial charge in [0, 0.05) is 7.11 Å². The highest BCUT2D eigenvalue weighted by Crippen LogP contribution is 1.92. The highest BCUT2D eigenvalue weighted by atomic mass is 16.5. The van der Waals surface area contributed by atoms with Crippen molar-refractivity contribution in [1.82, 2.24) is 0 Å². The number of methoxy groups -OCH3 is 1. The van der Waals surface area contributed by atoms with Crippen LogP contribution in [0, 0.1) is 0 Å². The maximum Gasteiger partial charge on any atom is 0.0646 e. The van der Waals surface area contributed by atoms with Crippen LogP contribution in [-0.2, 0) is 4.74 Å². The molecule has 0 aliphatic heterocycles. The molecule has 0 rings (SSSR count). The molecule has 0 aliphatic carbocycles.